The Balaban J connectivity index is 2.09. The van der Waals surface area contributed by atoms with Crippen LogP contribution >= 0.6 is 22.6 Å². The molecule has 0 amide bonds. The quantitative estimate of drug-likeness (QED) is 0.233. The van der Waals surface area contributed by atoms with E-state index in [9.17, 15) is 9.90 Å². The van der Waals surface area contributed by atoms with Gasteiger partial charge in [0, 0.05) is 3.57 Å². The second-order valence-corrected chi connectivity index (χ2v) is 8.61. The standard InChI is InChI=1S/C22H35IO2/c1-3-18(2)12-10-8-6-4-5-7-9-11-13-21(22(24)25)19-14-16-20(23)17-15-19/h14-18,21H,3-13H2,1-2H3,(H,24,25). The maximum atomic E-state index is 11.5. The summed E-state index contributed by atoms with van der Waals surface area (Å²) < 4.78 is 1.15. The first kappa shape index (κ1) is 22.5. The molecule has 2 unspecified atom stereocenters. The van der Waals surface area contributed by atoms with Crippen molar-refractivity contribution in [3.8, 4) is 0 Å². The first-order valence-corrected chi connectivity index (χ1v) is 11.1. The molecule has 0 aromatic heterocycles. The number of hydrogen-bond acceptors (Lipinski definition) is 1. The Morgan fingerprint density at radius 3 is 1.88 bits per heavy atom. The van der Waals surface area contributed by atoms with Gasteiger partial charge in [-0.15, -0.1) is 0 Å². The molecular weight excluding hydrogens is 423 g/mol. The summed E-state index contributed by atoms with van der Waals surface area (Å²) in [6.07, 6.45) is 13.6. The topological polar surface area (TPSA) is 37.3 Å². The minimum atomic E-state index is -0.692. The van der Waals surface area contributed by atoms with Crippen LogP contribution in [0.25, 0.3) is 0 Å². The molecule has 2 nitrogen and oxygen atoms in total. The summed E-state index contributed by atoms with van der Waals surface area (Å²) in [5.74, 6) is -0.157. The highest BCUT2D eigenvalue weighted by molar-refractivity contribution is 14.1. The predicted molar refractivity (Wildman–Crippen MR) is 115 cm³/mol. The second-order valence-electron chi connectivity index (χ2n) is 7.36. The molecule has 0 heterocycles. The summed E-state index contributed by atoms with van der Waals surface area (Å²) in [7, 11) is 0. The van der Waals surface area contributed by atoms with Gasteiger partial charge in [-0.05, 0) is 52.6 Å². The zero-order valence-electron chi connectivity index (χ0n) is 16.0. The Hall–Kier alpha value is -0.580. The van der Waals surface area contributed by atoms with E-state index in [-0.39, 0.29) is 5.92 Å². The number of hydrogen-bond donors (Lipinski definition) is 1. The van der Waals surface area contributed by atoms with E-state index in [0.29, 0.717) is 0 Å². The number of carbonyl (C=O) groups is 1. The van der Waals surface area contributed by atoms with Crippen LogP contribution in [0.3, 0.4) is 0 Å². The summed E-state index contributed by atoms with van der Waals surface area (Å²) in [5, 5.41) is 9.47. The van der Waals surface area contributed by atoms with Crippen molar-refractivity contribution in [2.45, 2.75) is 90.4 Å². The normalized spacial score (nSPS) is 13.6. The molecule has 0 aliphatic rings. The number of benzene rings is 1. The lowest BCUT2D eigenvalue weighted by Crippen LogP contribution is -2.11. The van der Waals surface area contributed by atoms with Gasteiger partial charge in [-0.3, -0.25) is 4.79 Å². The largest absolute Gasteiger partial charge is 0.481 e. The lowest BCUT2D eigenvalue weighted by molar-refractivity contribution is -0.139. The van der Waals surface area contributed by atoms with Gasteiger partial charge in [-0.2, -0.15) is 0 Å². The Morgan fingerprint density at radius 1 is 0.920 bits per heavy atom. The molecule has 1 N–H and O–H groups in total. The maximum absolute atomic E-state index is 11.5. The highest BCUT2D eigenvalue weighted by atomic mass is 127. The van der Waals surface area contributed by atoms with E-state index < -0.39 is 5.97 Å². The molecule has 0 saturated heterocycles. The number of halogens is 1. The van der Waals surface area contributed by atoms with E-state index in [0.717, 1.165) is 34.3 Å². The summed E-state index contributed by atoms with van der Waals surface area (Å²) in [4.78, 5) is 11.5. The summed E-state index contributed by atoms with van der Waals surface area (Å²) in [5.41, 5.74) is 0.939. The minimum Gasteiger partial charge on any atom is -0.481 e. The van der Waals surface area contributed by atoms with Gasteiger partial charge in [0.25, 0.3) is 0 Å². The smallest absolute Gasteiger partial charge is 0.310 e. The zero-order valence-corrected chi connectivity index (χ0v) is 18.1. The highest BCUT2D eigenvalue weighted by Crippen LogP contribution is 2.24. The van der Waals surface area contributed by atoms with Gasteiger partial charge < -0.3 is 5.11 Å². The van der Waals surface area contributed by atoms with Crippen molar-refractivity contribution in [3.63, 3.8) is 0 Å². The SMILES string of the molecule is CCC(C)CCCCCCCCCCC(C(=O)O)c1ccc(I)cc1. The van der Waals surface area contributed by atoms with Gasteiger partial charge in [-0.25, -0.2) is 0 Å². The fourth-order valence-electron chi connectivity index (χ4n) is 3.23. The molecule has 0 spiro atoms. The first-order chi connectivity index (χ1) is 12.0. The molecule has 142 valence electrons. The molecule has 2 atom stereocenters. The molecule has 0 radical (unpaired) electrons. The van der Waals surface area contributed by atoms with Gasteiger partial charge in [-0.1, -0.05) is 90.2 Å². The van der Waals surface area contributed by atoms with Crippen LogP contribution in [0.15, 0.2) is 24.3 Å². The maximum Gasteiger partial charge on any atom is 0.310 e. The van der Waals surface area contributed by atoms with Gasteiger partial charge >= 0.3 is 5.97 Å². The van der Waals surface area contributed by atoms with Crippen LogP contribution < -0.4 is 0 Å². The molecule has 1 rings (SSSR count). The van der Waals surface area contributed by atoms with E-state index >= 15 is 0 Å². The molecule has 0 bridgehead atoms. The molecule has 0 aliphatic heterocycles. The average Bonchev–Trinajstić information content (AvgIpc) is 2.60. The fourth-order valence-corrected chi connectivity index (χ4v) is 3.59. The number of carboxylic acids is 1. The summed E-state index contributed by atoms with van der Waals surface area (Å²) in [6, 6.07) is 7.90. The van der Waals surface area contributed by atoms with Crippen molar-refractivity contribution < 1.29 is 9.90 Å². The van der Waals surface area contributed by atoms with E-state index in [1.807, 2.05) is 24.3 Å². The van der Waals surface area contributed by atoms with Crippen molar-refractivity contribution in [1.29, 1.82) is 0 Å². The third kappa shape index (κ3) is 10.2. The second kappa shape index (κ2) is 13.6. The van der Waals surface area contributed by atoms with E-state index in [4.69, 9.17) is 0 Å². The van der Waals surface area contributed by atoms with Crippen LogP contribution in [-0.4, -0.2) is 11.1 Å². The van der Waals surface area contributed by atoms with Gasteiger partial charge in [0.2, 0.25) is 0 Å². The highest BCUT2D eigenvalue weighted by Gasteiger charge is 2.18. The number of rotatable bonds is 14. The average molecular weight is 458 g/mol. The van der Waals surface area contributed by atoms with Crippen LogP contribution in [0.1, 0.15) is 96.0 Å². The molecule has 0 fully saturated rings. The lowest BCUT2D eigenvalue weighted by atomic mass is 9.93. The molecule has 0 aliphatic carbocycles. The van der Waals surface area contributed by atoms with E-state index in [1.54, 1.807) is 0 Å². The third-order valence-corrected chi connectivity index (χ3v) is 5.93. The molecule has 1 aromatic rings. The first-order valence-electron chi connectivity index (χ1n) is 10.0. The van der Waals surface area contributed by atoms with Crippen LogP contribution in [0, 0.1) is 9.49 Å². The summed E-state index contributed by atoms with van der Waals surface area (Å²) >= 11 is 2.25. The number of aliphatic carboxylic acids is 1. The zero-order chi connectivity index (χ0) is 18.5. The molecule has 1 aromatic carbocycles. The monoisotopic (exact) mass is 458 g/mol. The Morgan fingerprint density at radius 2 is 1.40 bits per heavy atom. The van der Waals surface area contributed by atoms with Crippen LogP contribution in [0.2, 0.25) is 0 Å². The van der Waals surface area contributed by atoms with Gasteiger partial charge in [0.1, 0.15) is 0 Å². The van der Waals surface area contributed by atoms with E-state index in [2.05, 4.69) is 36.4 Å². The van der Waals surface area contributed by atoms with Gasteiger partial charge in [0.15, 0.2) is 0 Å². The summed E-state index contributed by atoms with van der Waals surface area (Å²) in [6.45, 7) is 4.62. The van der Waals surface area contributed by atoms with Crippen molar-refractivity contribution in [2.75, 3.05) is 0 Å². The van der Waals surface area contributed by atoms with Crippen LogP contribution in [0.4, 0.5) is 0 Å². The Kier molecular flexibility index (Phi) is 12.2. The lowest BCUT2D eigenvalue weighted by Gasteiger charge is -2.13. The number of carboxylic acid groups (broad SMARTS) is 1. The Labute approximate surface area is 167 Å². The van der Waals surface area contributed by atoms with Crippen molar-refractivity contribution in [2.24, 2.45) is 5.92 Å². The van der Waals surface area contributed by atoms with Crippen molar-refractivity contribution >= 4 is 28.6 Å². The third-order valence-electron chi connectivity index (χ3n) is 5.21. The number of unbranched alkanes of at least 4 members (excludes halogenated alkanes) is 7. The van der Waals surface area contributed by atoms with E-state index in [1.165, 1.54) is 51.4 Å². The van der Waals surface area contributed by atoms with Crippen LogP contribution in [0.5, 0.6) is 0 Å². The van der Waals surface area contributed by atoms with Crippen LogP contribution in [-0.2, 0) is 4.79 Å². The fraction of sp³-hybridized carbons (Fsp3) is 0.682. The molecule has 0 saturated carbocycles. The van der Waals surface area contributed by atoms with Crippen molar-refractivity contribution in [3.05, 3.63) is 33.4 Å². The molecule has 3 heteroatoms. The van der Waals surface area contributed by atoms with Gasteiger partial charge in [0.05, 0.1) is 5.92 Å². The van der Waals surface area contributed by atoms with Crippen molar-refractivity contribution in [1.82, 2.24) is 0 Å². The molecule has 25 heavy (non-hydrogen) atoms. The predicted octanol–water partition coefficient (Wildman–Crippen LogP) is 7.41. The molecular formula is C22H35IO2. The minimum absolute atomic E-state index is 0.349. The Bertz CT molecular complexity index is 469.